The first kappa shape index (κ1) is 14.6. The molecule has 1 aromatic heterocycles. The highest BCUT2D eigenvalue weighted by Crippen LogP contribution is 2.36. The number of fused-ring (bicyclic) bond motifs is 1. The molecule has 1 atom stereocenters. The number of nitrogens with zero attached hydrogens (tertiary/aromatic N) is 1. The molecule has 0 radical (unpaired) electrons. The van der Waals surface area contributed by atoms with Crippen LogP contribution in [0.3, 0.4) is 0 Å². The lowest BCUT2D eigenvalue weighted by atomic mass is 9.75. The van der Waals surface area contributed by atoms with Gasteiger partial charge in [0.05, 0.1) is 6.04 Å². The van der Waals surface area contributed by atoms with E-state index in [9.17, 15) is 0 Å². The Bertz CT molecular complexity index is 625. The van der Waals surface area contributed by atoms with Crippen LogP contribution in [0.2, 0.25) is 0 Å². The number of benzene rings is 1. The molecular weight excluding hydrogens is 260 g/mol. The molecule has 3 nitrogen and oxygen atoms in total. The maximum atomic E-state index is 6.06. The Balaban J connectivity index is 1.75. The summed E-state index contributed by atoms with van der Waals surface area (Å²) in [6, 6.07) is 8.53. The fourth-order valence-electron chi connectivity index (χ4n) is 3.41. The highest BCUT2D eigenvalue weighted by atomic mass is 16.3. The molecule has 0 bridgehead atoms. The Morgan fingerprint density at radius 2 is 2.00 bits per heavy atom. The molecule has 1 unspecified atom stereocenters. The van der Waals surface area contributed by atoms with Crippen LogP contribution in [-0.4, -0.2) is 31.1 Å². The summed E-state index contributed by atoms with van der Waals surface area (Å²) in [4.78, 5) is 2.38. The first-order valence-corrected chi connectivity index (χ1v) is 7.92. The van der Waals surface area contributed by atoms with Crippen LogP contribution in [0.1, 0.15) is 43.6 Å². The average molecular weight is 286 g/mol. The Morgan fingerprint density at radius 3 is 2.57 bits per heavy atom. The van der Waals surface area contributed by atoms with Gasteiger partial charge >= 0.3 is 0 Å². The summed E-state index contributed by atoms with van der Waals surface area (Å²) in [5, 5.41) is 4.92. The third kappa shape index (κ3) is 2.49. The second kappa shape index (κ2) is 5.47. The van der Waals surface area contributed by atoms with Crippen LogP contribution in [0.5, 0.6) is 0 Å². The number of aryl methyl sites for hydroxylation is 1. The molecule has 3 heteroatoms. The summed E-state index contributed by atoms with van der Waals surface area (Å²) in [7, 11) is 4.38. The van der Waals surface area contributed by atoms with Crippen molar-refractivity contribution >= 4 is 11.0 Å². The number of hydrogen-bond donors (Lipinski definition) is 1. The summed E-state index contributed by atoms with van der Waals surface area (Å²) < 4.78 is 6.06. The van der Waals surface area contributed by atoms with Crippen molar-refractivity contribution in [1.82, 2.24) is 10.2 Å². The van der Waals surface area contributed by atoms with Gasteiger partial charge in [0.15, 0.2) is 0 Å². The lowest BCUT2D eigenvalue weighted by Crippen LogP contribution is -2.56. The minimum Gasteiger partial charge on any atom is -0.459 e. The topological polar surface area (TPSA) is 28.4 Å². The molecule has 0 aliphatic heterocycles. The largest absolute Gasteiger partial charge is 0.459 e. The number of hydrogen-bond acceptors (Lipinski definition) is 3. The molecule has 1 fully saturated rings. The maximum absolute atomic E-state index is 6.06. The molecular formula is C18H26N2O. The fraction of sp³-hybridized carbons (Fsp3) is 0.556. The summed E-state index contributed by atoms with van der Waals surface area (Å²) >= 11 is 0. The maximum Gasteiger partial charge on any atom is 0.134 e. The van der Waals surface area contributed by atoms with E-state index in [1.54, 1.807) is 0 Å². The van der Waals surface area contributed by atoms with Gasteiger partial charge in [0.2, 0.25) is 0 Å². The van der Waals surface area contributed by atoms with Crippen LogP contribution in [0.15, 0.2) is 28.7 Å². The number of rotatable bonds is 5. The Hall–Kier alpha value is -1.32. The molecule has 1 aliphatic rings. The molecule has 3 rings (SSSR count). The van der Waals surface area contributed by atoms with E-state index in [0.29, 0.717) is 5.54 Å². The Labute approximate surface area is 127 Å². The first-order valence-electron chi connectivity index (χ1n) is 7.92. The fourth-order valence-corrected chi connectivity index (χ4v) is 3.41. The number of likely N-dealkylation sites (N-methyl/N-ethyl adjacent to an activating group) is 1. The van der Waals surface area contributed by atoms with Gasteiger partial charge < -0.3 is 14.6 Å². The third-order valence-electron chi connectivity index (χ3n) is 5.24. The van der Waals surface area contributed by atoms with E-state index in [1.807, 2.05) is 12.1 Å². The Kier molecular flexibility index (Phi) is 3.80. The van der Waals surface area contributed by atoms with Gasteiger partial charge in [-0.15, -0.1) is 0 Å². The second-order valence-electron chi connectivity index (χ2n) is 6.66. The predicted molar refractivity (Wildman–Crippen MR) is 87.6 cm³/mol. The summed E-state index contributed by atoms with van der Waals surface area (Å²) in [6.45, 7) is 5.38. The number of para-hydroxylation sites is 1. The molecule has 0 amide bonds. The minimum atomic E-state index is 0.245. The normalized spacial score (nSPS) is 18.9. The van der Waals surface area contributed by atoms with Gasteiger partial charge in [0, 0.05) is 17.5 Å². The zero-order valence-electron chi connectivity index (χ0n) is 13.6. The van der Waals surface area contributed by atoms with Gasteiger partial charge in [-0.1, -0.05) is 18.2 Å². The van der Waals surface area contributed by atoms with E-state index >= 15 is 0 Å². The highest BCUT2D eigenvalue weighted by Gasteiger charge is 2.39. The molecule has 1 aromatic carbocycles. The van der Waals surface area contributed by atoms with Crippen molar-refractivity contribution < 1.29 is 4.42 Å². The molecule has 21 heavy (non-hydrogen) atoms. The molecule has 1 N–H and O–H groups in total. The van der Waals surface area contributed by atoms with E-state index < -0.39 is 0 Å². The van der Waals surface area contributed by atoms with Crippen molar-refractivity contribution in [1.29, 1.82) is 0 Å². The van der Waals surface area contributed by atoms with Gasteiger partial charge in [-0.2, -0.15) is 0 Å². The molecule has 1 saturated carbocycles. The summed E-state index contributed by atoms with van der Waals surface area (Å²) in [6.07, 6.45) is 3.93. The molecule has 0 saturated heterocycles. The van der Waals surface area contributed by atoms with Crippen LogP contribution in [0, 0.1) is 6.92 Å². The van der Waals surface area contributed by atoms with Gasteiger partial charge in [0.1, 0.15) is 11.3 Å². The lowest BCUT2D eigenvalue weighted by molar-refractivity contribution is 0.0569. The number of nitrogens with one attached hydrogen (secondary N) is 1. The molecule has 1 heterocycles. The lowest BCUT2D eigenvalue weighted by Gasteiger charge is -2.48. The number of furan rings is 1. The first-order chi connectivity index (χ1) is 10.0. The van der Waals surface area contributed by atoms with Crippen molar-refractivity contribution in [2.75, 3.05) is 20.6 Å². The van der Waals surface area contributed by atoms with E-state index in [4.69, 9.17) is 4.42 Å². The molecule has 2 aromatic rings. The zero-order chi connectivity index (χ0) is 15.0. The van der Waals surface area contributed by atoms with E-state index in [-0.39, 0.29) is 6.04 Å². The van der Waals surface area contributed by atoms with Crippen molar-refractivity contribution in [2.24, 2.45) is 0 Å². The standard InChI is InChI=1S/C18H26N2O/c1-13-15-8-5-6-9-16(15)21-17(13)14(2)19-12-18(20(3)4)10-7-11-18/h5-6,8-9,14,19H,7,10-12H2,1-4H3. The second-order valence-corrected chi connectivity index (χ2v) is 6.66. The monoisotopic (exact) mass is 286 g/mol. The quantitative estimate of drug-likeness (QED) is 0.904. The van der Waals surface area contributed by atoms with Crippen LogP contribution < -0.4 is 5.32 Å². The summed E-state index contributed by atoms with van der Waals surface area (Å²) in [5.41, 5.74) is 2.59. The zero-order valence-corrected chi connectivity index (χ0v) is 13.6. The molecule has 1 aliphatic carbocycles. The van der Waals surface area contributed by atoms with Crippen molar-refractivity contribution in [3.8, 4) is 0 Å². The van der Waals surface area contributed by atoms with Gasteiger partial charge in [0.25, 0.3) is 0 Å². The van der Waals surface area contributed by atoms with E-state index in [1.165, 1.54) is 30.2 Å². The van der Waals surface area contributed by atoms with Crippen molar-refractivity contribution in [3.05, 3.63) is 35.6 Å². The molecule has 114 valence electrons. The van der Waals surface area contributed by atoms with E-state index in [2.05, 4.69) is 50.3 Å². The van der Waals surface area contributed by atoms with Crippen LogP contribution in [0.4, 0.5) is 0 Å². The van der Waals surface area contributed by atoms with Crippen LogP contribution in [0.25, 0.3) is 11.0 Å². The van der Waals surface area contributed by atoms with Gasteiger partial charge in [-0.25, -0.2) is 0 Å². The van der Waals surface area contributed by atoms with Crippen LogP contribution >= 0.6 is 0 Å². The van der Waals surface area contributed by atoms with Crippen molar-refractivity contribution in [3.63, 3.8) is 0 Å². The Morgan fingerprint density at radius 1 is 1.29 bits per heavy atom. The smallest absolute Gasteiger partial charge is 0.134 e. The average Bonchev–Trinajstić information content (AvgIpc) is 2.75. The van der Waals surface area contributed by atoms with Gasteiger partial charge in [-0.05, 0) is 58.8 Å². The summed E-state index contributed by atoms with van der Waals surface area (Å²) in [5.74, 6) is 1.07. The van der Waals surface area contributed by atoms with Crippen LogP contribution in [-0.2, 0) is 0 Å². The SMILES string of the molecule is Cc1c(C(C)NCC2(N(C)C)CCC2)oc2ccccc12. The molecule has 0 spiro atoms. The van der Waals surface area contributed by atoms with Gasteiger partial charge in [-0.3, -0.25) is 0 Å². The van der Waals surface area contributed by atoms with E-state index in [0.717, 1.165) is 17.9 Å². The van der Waals surface area contributed by atoms with Crippen molar-refractivity contribution in [2.45, 2.75) is 44.7 Å². The third-order valence-corrected chi connectivity index (χ3v) is 5.24. The highest BCUT2D eigenvalue weighted by molar-refractivity contribution is 5.82. The predicted octanol–water partition coefficient (Wildman–Crippen LogP) is 3.88. The minimum absolute atomic E-state index is 0.245.